The molecule has 0 atom stereocenters. The van der Waals surface area contributed by atoms with Crippen LogP contribution >= 0.6 is 0 Å². The van der Waals surface area contributed by atoms with Gasteiger partial charge in [-0.25, -0.2) is 0 Å². The molecule has 0 heterocycles. The normalized spacial score (nSPS) is 12.5. The van der Waals surface area contributed by atoms with Crippen molar-refractivity contribution in [1.29, 1.82) is 5.26 Å². The van der Waals surface area contributed by atoms with Gasteiger partial charge >= 0.3 is 0 Å². The third-order valence-corrected chi connectivity index (χ3v) is 4.11. The van der Waals surface area contributed by atoms with Crippen LogP contribution in [0.4, 0.5) is 5.69 Å². The second-order valence-electron chi connectivity index (χ2n) is 5.54. The Bertz CT molecular complexity index is 716. The van der Waals surface area contributed by atoms with Crippen LogP contribution in [0, 0.1) is 11.3 Å². The summed E-state index contributed by atoms with van der Waals surface area (Å²) in [4.78, 5) is 14.6. The molecule has 0 saturated heterocycles. The van der Waals surface area contributed by atoms with Gasteiger partial charge in [-0.3, -0.25) is 4.79 Å². The highest BCUT2D eigenvalue weighted by Gasteiger charge is 2.19. The van der Waals surface area contributed by atoms with Crippen LogP contribution in [0.1, 0.15) is 34.3 Å². The Hall–Kier alpha value is -2.60. The minimum absolute atomic E-state index is 0.0313. The summed E-state index contributed by atoms with van der Waals surface area (Å²) in [5, 5.41) is 8.85. The first-order valence-electron chi connectivity index (χ1n) is 7.65. The number of amides is 1. The third-order valence-electron chi connectivity index (χ3n) is 4.11. The lowest BCUT2D eigenvalue weighted by molar-refractivity contribution is 0.0987. The van der Waals surface area contributed by atoms with Gasteiger partial charge in [0.2, 0.25) is 0 Å². The Morgan fingerprint density at radius 2 is 1.86 bits per heavy atom. The van der Waals surface area contributed by atoms with Gasteiger partial charge in [-0.15, -0.1) is 0 Å². The van der Waals surface area contributed by atoms with E-state index in [2.05, 4.69) is 12.1 Å². The van der Waals surface area contributed by atoms with Crippen molar-refractivity contribution >= 4 is 11.6 Å². The second-order valence-corrected chi connectivity index (χ2v) is 5.54. The van der Waals surface area contributed by atoms with Gasteiger partial charge in [-0.05, 0) is 54.7 Å². The molecule has 1 aliphatic rings. The van der Waals surface area contributed by atoms with Gasteiger partial charge in [0.05, 0.1) is 12.5 Å². The van der Waals surface area contributed by atoms with Gasteiger partial charge in [0, 0.05) is 17.8 Å². The van der Waals surface area contributed by atoms with E-state index in [0.717, 1.165) is 18.5 Å². The smallest absolute Gasteiger partial charge is 0.258 e. The minimum Gasteiger partial charge on any atom is -0.307 e. The van der Waals surface area contributed by atoms with Crippen molar-refractivity contribution in [2.45, 2.75) is 25.7 Å². The lowest BCUT2D eigenvalue weighted by Crippen LogP contribution is -2.31. The Kier molecular flexibility index (Phi) is 4.20. The number of nitriles is 1. The Morgan fingerprint density at radius 3 is 2.64 bits per heavy atom. The summed E-state index contributed by atoms with van der Waals surface area (Å²) in [5.41, 5.74) is 4.20. The average Bonchev–Trinajstić information content (AvgIpc) is 3.03. The molecule has 0 spiro atoms. The van der Waals surface area contributed by atoms with E-state index in [9.17, 15) is 4.79 Å². The maximum absolute atomic E-state index is 12.9. The molecule has 0 unspecified atom stereocenters. The fourth-order valence-corrected chi connectivity index (χ4v) is 2.98. The van der Waals surface area contributed by atoms with Crippen LogP contribution in [0.15, 0.2) is 48.5 Å². The van der Waals surface area contributed by atoms with Crippen molar-refractivity contribution in [1.82, 2.24) is 0 Å². The molecule has 110 valence electrons. The van der Waals surface area contributed by atoms with E-state index in [1.807, 2.05) is 42.5 Å². The summed E-state index contributed by atoms with van der Waals surface area (Å²) in [7, 11) is 0. The first-order chi connectivity index (χ1) is 10.8. The maximum Gasteiger partial charge on any atom is 0.258 e. The van der Waals surface area contributed by atoms with E-state index >= 15 is 0 Å². The fourth-order valence-electron chi connectivity index (χ4n) is 2.98. The van der Waals surface area contributed by atoms with Crippen molar-refractivity contribution in [2.24, 2.45) is 0 Å². The number of hydrogen-bond donors (Lipinski definition) is 0. The summed E-state index contributed by atoms with van der Waals surface area (Å²) in [6.07, 6.45) is 3.66. The number of hydrogen-bond acceptors (Lipinski definition) is 2. The monoisotopic (exact) mass is 290 g/mol. The lowest BCUT2D eigenvalue weighted by Gasteiger charge is -2.22. The topological polar surface area (TPSA) is 44.1 Å². The van der Waals surface area contributed by atoms with Crippen LogP contribution in [0.25, 0.3) is 0 Å². The first-order valence-corrected chi connectivity index (χ1v) is 7.65. The Balaban J connectivity index is 1.90. The summed E-state index contributed by atoms with van der Waals surface area (Å²) in [6, 6.07) is 17.7. The molecule has 3 heteroatoms. The number of fused-ring (bicyclic) bond motifs is 1. The second kappa shape index (κ2) is 6.44. The van der Waals surface area contributed by atoms with Gasteiger partial charge in [0.15, 0.2) is 0 Å². The number of nitrogens with zero attached hydrogens (tertiary/aromatic N) is 2. The summed E-state index contributed by atoms with van der Waals surface area (Å²) < 4.78 is 0. The largest absolute Gasteiger partial charge is 0.307 e. The Morgan fingerprint density at radius 1 is 1.09 bits per heavy atom. The quantitative estimate of drug-likeness (QED) is 0.861. The molecule has 3 rings (SSSR count). The van der Waals surface area contributed by atoms with Crippen LogP contribution in [0.5, 0.6) is 0 Å². The standard InChI is InChI=1S/C19H18N2O/c20-12-5-13-21(18-8-2-1-3-9-18)19(22)17-11-10-15-6-4-7-16(15)14-17/h1-3,8-11,14H,4-7,13H2. The van der Waals surface area contributed by atoms with Gasteiger partial charge in [0.25, 0.3) is 5.91 Å². The molecule has 0 radical (unpaired) electrons. The van der Waals surface area contributed by atoms with E-state index in [-0.39, 0.29) is 5.91 Å². The molecule has 2 aromatic carbocycles. The molecule has 3 nitrogen and oxygen atoms in total. The number of carbonyl (C=O) groups excluding carboxylic acids is 1. The summed E-state index contributed by atoms with van der Waals surface area (Å²) in [5.74, 6) is -0.0313. The fraction of sp³-hybridized carbons (Fsp3) is 0.263. The van der Waals surface area contributed by atoms with Crippen molar-refractivity contribution in [3.8, 4) is 6.07 Å². The highest BCUT2D eigenvalue weighted by atomic mass is 16.2. The number of aryl methyl sites for hydroxylation is 2. The molecule has 22 heavy (non-hydrogen) atoms. The van der Waals surface area contributed by atoms with Crippen molar-refractivity contribution < 1.29 is 4.79 Å². The zero-order valence-corrected chi connectivity index (χ0v) is 12.5. The predicted molar refractivity (Wildman–Crippen MR) is 86.8 cm³/mol. The number of rotatable bonds is 4. The highest BCUT2D eigenvalue weighted by Crippen LogP contribution is 2.24. The van der Waals surface area contributed by atoms with Crippen molar-refractivity contribution in [2.75, 3.05) is 11.4 Å². The van der Waals surface area contributed by atoms with E-state index in [0.29, 0.717) is 18.5 Å². The van der Waals surface area contributed by atoms with E-state index in [1.165, 1.54) is 17.5 Å². The van der Waals surface area contributed by atoms with Crippen LogP contribution in [0.2, 0.25) is 0 Å². The van der Waals surface area contributed by atoms with Gasteiger partial charge < -0.3 is 4.90 Å². The summed E-state index contributed by atoms with van der Waals surface area (Å²) in [6.45, 7) is 0.413. The zero-order chi connectivity index (χ0) is 15.4. The maximum atomic E-state index is 12.9. The first kappa shape index (κ1) is 14.3. The minimum atomic E-state index is -0.0313. The average molecular weight is 290 g/mol. The molecular weight excluding hydrogens is 272 g/mol. The van der Waals surface area contributed by atoms with Crippen LogP contribution in [0.3, 0.4) is 0 Å². The molecule has 1 amide bonds. The molecule has 0 saturated carbocycles. The zero-order valence-electron chi connectivity index (χ0n) is 12.5. The van der Waals surface area contributed by atoms with Gasteiger partial charge in [-0.1, -0.05) is 24.3 Å². The molecule has 0 N–H and O–H groups in total. The van der Waals surface area contributed by atoms with Crippen molar-refractivity contribution in [3.63, 3.8) is 0 Å². The van der Waals surface area contributed by atoms with E-state index in [1.54, 1.807) is 4.90 Å². The molecule has 0 bridgehead atoms. The molecular formula is C19H18N2O. The highest BCUT2D eigenvalue weighted by molar-refractivity contribution is 6.06. The lowest BCUT2D eigenvalue weighted by atomic mass is 10.1. The number of anilines is 1. The van der Waals surface area contributed by atoms with Crippen molar-refractivity contribution in [3.05, 3.63) is 65.2 Å². The molecule has 1 aliphatic carbocycles. The third kappa shape index (κ3) is 2.87. The van der Waals surface area contributed by atoms with Gasteiger partial charge in [0.1, 0.15) is 0 Å². The number of para-hydroxylation sites is 1. The Labute approximate surface area is 130 Å². The summed E-state index contributed by atoms with van der Waals surface area (Å²) >= 11 is 0. The molecule has 0 fully saturated rings. The van der Waals surface area contributed by atoms with E-state index in [4.69, 9.17) is 5.26 Å². The predicted octanol–water partition coefficient (Wildman–Crippen LogP) is 3.74. The number of benzene rings is 2. The van der Waals surface area contributed by atoms with Crippen LogP contribution < -0.4 is 4.90 Å². The molecule has 0 aliphatic heterocycles. The van der Waals surface area contributed by atoms with Crippen LogP contribution in [-0.2, 0) is 12.8 Å². The van der Waals surface area contributed by atoms with Crippen LogP contribution in [-0.4, -0.2) is 12.5 Å². The van der Waals surface area contributed by atoms with Gasteiger partial charge in [-0.2, -0.15) is 5.26 Å². The molecule has 0 aromatic heterocycles. The SMILES string of the molecule is N#CCCN(C(=O)c1ccc2c(c1)CCC2)c1ccccc1. The molecule has 2 aromatic rings. The number of carbonyl (C=O) groups is 1. The van der Waals surface area contributed by atoms with E-state index < -0.39 is 0 Å².